The molecule has 2 aliphatic carbocycles. The van der Waals surface area contributed by atoms with Crippen molar-refractivity contribution >= 4 is 75.4 Å². The van der Waals surface area contributed by atoms with E-state index in [0.29, 0.717) is 17.5 Å². The first kappa shape index (κ1) is 38.0. The van der Waals surface area contributed by atoms with Gasteiger partial charge in [0.05, 0.1) is 5.41 Å². The molecule has 14 aromatic rings. The maximum atomic E-state index is 6.70. The molecule has 4 heterocycles. The van der Waals surface area contributed by atoms with Crippen molar-refractivity contribution in [3.8, 4) is 67.5 Å². The molecule has 2 aliphatic rings. The second kappa shape index (κ2) is 14.0. The predicted molar refractivity (Wildman–Crippen MR) is 285 cm³/mol. The van der Waals surface area contributed by atoms with Crippen LogP contribution in [0, 0.1) is 0 Å². The highest BCUT2D eigenvalue weighted by Gasteiger charge is 2.51. The molecule has 0 saturated heterocycles. The van der Waals surface area contributed by atoms with Gasteiger partial charge in [-0.25, -0.2) is 15.0 Å². The van der Waals surface area contributed by atoms with E-state index >= 15 is 0 Å². The van der Waals surface area contributed by atoms with Gasteiger partial charge < -0.3 is 8.83 Å². The van der Waals surface area contributed by atoms with Gasteiger partial charge in [-0.05, 0) is 110 Å². The Morgan fingerprint density at radius 3 is 1.59 bits per heavy atom. The fraction of sp³-hybridized carbons (Fsp3) is 0.0156. The number of thiophene rings is 1. The average Bonchev–Trinajstić information content (AvgIpc) is 4.23. The molecule has 70 heavy (non-hydrogen) atoms. The number of nitrogens with zero attached hydrogens (tertiary/aromatic N) is 3. The summed E-state index contributed by atoms with van der Waals surface area (Å²) >= 11 is 1.79. The number of rotatable bonds is 4. The monoisotopic (exact) mass is 909 g/mol. The fourth-order valence-corrected chi connectivity index (χ4v) is 13.2. The summed E-state index contributed by atoms with van der Waals surface area (Å²) in [5.74, 6) is 1.73. The van der Waals surface area contributed by atoms with Crippen LogP contribution in [0.4, 0.5) is 0 Å². The molecule has 0 unspecified atom stereocenters. The summed E-state index contributed by atoms with van der Waals surface area (Å²) in [4.78, 5) is 16.0. The molecule has 6 heteroatoms. The van der Waals surface area contributed by atoms with E-state index in [4.69, 9.17) is 23.8 Å². The highest BCUT2D eigenvalue weighted by molar-refractivity contribution is 7.25. The highest BCUT2D eigenvalue weighted by Crippen LogP contribution is 2.63. The summed E-state index contributed by atoms with van der Waals surface area (Å²) in [5, 5.41) is 6.40. The van der Waals surface area contributed by atoms with Gasteiger partial charge in [0.25, 0.3) is 0 Å². The van der Waals surface area contributed by atoms with Crippen molar-refractivity contribution in [1.82, 2.24) is 15.0 Å². The summed E-state index contributed by atoms with van der Waals surface area (Å²) < 4.78 is 15.5. The molecule has 0 N–H and O–H groups in total. The number of furan rings is 2. The lowest BCUT2D eigenvalue weighted by atomic mass is 9.70. The van der Waals surface area contributed by atoms with Crippen LogP contribution in [0.15, 0.2) is 221 Å². The number of hydrogen-bond donors (Lipinski definition) is 0. The molecule has 0 bridgehead atoms. The summed E-state index contributed by atoms with van der Waals surface area (Å²) in [7, 11) is 0. The molecular formula is C64H35N3O2S. The van der Waals surface area contributed by atoms with Crippen molar-refractivity contribution in [2.75, 3.05) is 0 Å². The molecule has 10 aromatic carbocycles. The highest BCUT2D eigenvalue weighted by atomic mass is 32.1. The largest absolute Gasteiger partial charge is 0.456 e. The van der Waals surface area contributed by atoms with Gasteiger partial charge in [-0.3, -0.25) is 0 Å². The van der Waals surface area contributed by atoms with E-state index in [2.05, 4.69) is 182 Å². The van der Waals surface area contributed by atoms with E-state index in [1.54, 1.807) is 11.3 Å². The maximum absolute atomic E-state index is 6.70. The Morgan fingerprint density at radius 1 is 0.300 bits per heavy atom. The molecule has 0 atom stereocenters. The number of benzene rings is 10. The molecule has 5 nitrogen and oxygen atoms in total. The van der Waals surface area contributed by atoms with Crippen LogP contribution in [0.25, 0.3) is 132 Å². The molecule has 16 rings (SSSR count). The number of para-hydroxylation sites is 1. The zero-order valence-electron chi connectivity index (χ0n) is 37.3. The minimum absolute atomic E-state index is 0.433. The third-order valence-electron chi connectivity index (χ3n) is 15.0. The Hall–Kier alpha value is -8.97. The Bertz CT molecular complexity index is 4510. The molecule has 0 radical (unpaired) electrons. The summed E-state index contributed by atoms with van der Waals surface area (Å²) in [5.41, 5.74) is 18.1. The van der Waals surface area contributed by atoms with Crippen LogP contribution in [0.1, 0.15) is 22.3 Å². The Morgan fingerprint density at radius 2 is 0.814 bits per heavy atom. The van der Waals surface area contributed by atoms with Crippen molar-refractivity contribution in [1.29, 1.82) is 0 Å². The van der Waals surface area contributed by atoms with Crippen LogP contribution in [0.2, 0.25) is 0 Å². The first-order chi connectivity index (χ1) is 34.7. The first-order valence-electron chi connectivity index (χ1n) is 23.7. The van der Waals surface area contributed by atoms with Crippen LogP contribution in [0.3, 0.4) is 0 Å². The Labute approximate surface area is 404 Å². The molecule has 4 aromatic heterocycles. The minimum atomic E-state index is -0.433. The van der Waals surface area contributed by atoms with Gasteiger partial charge in [0.15, 0.2) is 17.5 Å². The first-order valence-corrected chi connectivity index (χ1v) is 24.5. The van der Waals surface area contributed by atoms with Crippen LogP contribution >= 0.6 is 11.3 Å². The lowest BCUT2D eigenvalue weighted by Gasteiger charge is -2.30. The Kier molecular flexibility index (Phi) is 7.63. The maximum Gasteiger partial charge on any atom is 0.164 e. The van der Waals surface area contributed by atoms with Crippen molar-refractivity contribution in [3.05, 3.63) is 235 Å². The molecule has 0 aliphatic heterocycles. The van der Waals surface area contributed by atoms with Crippen LogP contribution in [-0.2, 0) is 5.41 Å². The van der Waals surface area contributed by atoms with E-state index in [1.807, 2.05) is 30.3 Å². The van der Waals surface area contributed by atoms with Gasteiger partial charge in [-0.15, -0.1) is 11.3 Å². The van der Waals surface area contributed by atoms with Gasteiger partial charge >= 0.3 is 0 Å². The number of hydrogen-bond acceptors (Lipinski definition) is 6. The molecule has 1 spiro atoms. The van der Waals surface area contributed by atoms with E-state index in [-0.39, 0.29) is 0 Å². The van der Waals surface area contributed by atoms with E-state index < -0.39 is 5.41 Å². The normalized spacial score (nSPS) is 13.3. The third kappa shape index (κ3) is 5.12. The van der Waals surface area contributed by atoms with Gasteiger partial charge in [0, 0.05) is 58.4 Å². The molecule has 0 saturated carbocycles. The standard InChI is InChI=1S/C64H35N3O2S/c1-6-20-49-39(13-1)40-14-2-7-21-50(40)64(49)51-22-8-3-15-41(51)42-30-27-37(34-52(42)64)36-29-32-54-48(33-36)59-46(18-11-24-55(59)68-54)62-65-61(38-28-31-44-43-16-4-9-23-53(43)69-56(44)35-38)66-63(67-62)47-19-12-26-58-60(47)45-17-5-10-25-57(45)70-58/h1-35H. The third-order valence-corrected chi connectivity index (χ3v) is 16.1. The molecular weight excluding hydrogens is 875 g/mol. The van der Waals surface area contributed by atoms with Crippen molar-refractivity contribution < 1.29 is 8.83 Å². The SMILES string of the molecule is c1ccc2c(c1)-c1ccccc1C21c2ccccc2-c2ccc(-c3ccc4oc5cccc(-c6nc(-c7ccc8c(c7)oc7ccccc78)nc(-c7cccc8sc9ccccc9c78)n6)c5c4c3)cc21. The van der Waals surface area contributed by atoms with Crippen molar-refractivity contribution in [2.45, 2.75) is 5.41 Å². The summed E-state index contributed by atoms with van der Waals surface area (Å²) in [6.45, 7) is 0. The Balaban J connectivity index is 0.904. The quantitative estimate of drug-likeness (QED) is 0.176. The topological polar surface area (TPSA) is 65.0 Å². The number of fused-ring (bicyclic) bond motifs is 19. The predicted octanol–water partition coefficient (Wildman–Crippen LogP) is 17.0. The van der Waals surface area contributed by atoms with Crippen molar-refractivity contribution in [3.63, 3.8) is 0 Å². The minimum Gasteiger partial charge on any atom is -0.456 e. The van der Waals surface area contributed by atoms with Gasteiger partial charge in [-0.2, -0.15) is 0 Å². The van der Waals surface area contributed by atoms with Gasteiger partial charge in [0.2, 0.25) is 0 Å². The molecule has 0 amide bonds. The second-order valence-electron chi connectivity index (χ2n) is 18.5. The van der Waals surface area contributed by atoms with Crippen LogP contribution in [0.5, 0.6) is 0 Å². The summed E-state index contributed by atoms with van der Waals surface area (Å²) in [6.07, 6.45) is 0. The van der Waals surface area contributed by atoms with E-state index in [9.17, 15) is 0 Å². The molecule has 324 valence electrons. The van der Waals surface area contributed by atoms with Gasteiger partial charge in [-0.1, -0.05) is 158 Å². The smallest absolute Gasteiger partial charge is 0.164 e. The number of aromatic nitrogens is 3. The van der Waals surface area contributed by atoms with Crippen LogP contribution < -0.4 is 0 Å². The average molecular weight is 910 g/mol. The van der Waals surface area contributed by atoms with Gasteiger partial charge in [0.1, 0.15) is 22.3 Å². The van der Waals surface area contributed by atoms with E-state index in [1.165, 1.54) is 59.3 Å². The molecule has 0 fully saturated rings. The van der Waals surface area contributed by atoms with Crippen molar-refractivity contribution in [2.24, 2.45) is 0 Å². The lowest BCUT2D eigenvalue weighted by Crippen LogP contribution is -2.25. The lowest BCUT2D eigenvalue weighted by molar-refractivity contribution is 0.668. The van der Waals surface area contributed by atoms with Crippen LogP contribution in [-0.4, -0.2) is 15.0 Å². The summed E-state index contributed by atoms with van der Waals surface area (Å²) in [6, 6.07) is 76.2. The zero-order valence-corrected chi connectivity index (χ0v) is 38.1. The fourth-order valence-electron chi connectivity index (χ4n) is 12.0. The van der Waals surface area contributed by atoms with E-state index in [0.717, 1.165) is 77.1 Å². The second-order valence-corrected chi connectivity index (χ2v) is 19.6. The zero-order chi connectivity index (χ0) is 45.7.